The van der Waals surface area contributed by atoms with E-state index < -0.39 is 0 Å². The fourth-order valence-corrected chi connectivity index (χ4v) is 4.09. The van der Waals surface area contributed by atoms with E-state index in [4.69, 9.17) is 5.73 Å². The van der Waals surface area contributed by atoms with Crippen LogP contribution < -0.4 is 5.73 Å². The smallest absolute Gasteiger partial charge is 0.0949 e. The van der Waals surface area contributed by atoms with E-state index in [1.807, 2.05) is 11.3 Å². The van der Waals surface area contributed by atoms with Crippen molar-refractivity contribution in [2.75, 3.05) is 0 Å². The Morgan fingerprint density at radius 2 is 2.11 bits per heavy atom. The van der Waals surface area contributed by atoms with E-state index in [1.54, 1.807) is 0 Å². The van der Waals surface area contributed by atoms with Gasteiger partial charge in [0.05, 0.1) is 10.7 Å². The van der Waals surface area contributed by atoms with Crippen molar-refractivity contribution in [1.29, 1.82) is 0 Å². The monoisotopic (exact) mass is 266 g/mol. The van der Waals surface area contributed by atoms with Gasteiger partial charge >= 0.3 is 0 Å². The van der Waals surface area contributed by atoms with Crippen LogP contribution in [0.1, 0.15) is 61.0 Å². The Bertz CT molecular complexity index is 380. The molecule has 3 heteroatoms. The van der Waals surface area contributed by atoms with Gasteiger partial charge in [0.25, 0.3) is 0 Å². The predicted molar refractivity (Wildman–Crippen MR) is 79.1 cm³/mol. The molecule has 2 N–H and O–H groups in total. The van der Waals surface area contributed by atoms with Crippen molar-refractivity contribution in [3.05, 3.63) is 15.6 Å². The lowest BCUT2D eigenvalue weighted by molar-refractivity contribution is 0.358. The van der Waals surface area contributed by atoms with Gasteiger partial charge in [0.2, 0.25) is 0 Å². The van der Waals surface area contributed by atoms with Gasteiger partial charge in [-0.05, 0) is 39.0 Å². The highest BCUT2D eigenvalue weighted by Crippen LogP contribution is 2.33. The zero-order valence-electron chi connectivity index (χ0n) is 12.0. The highest BCUT2D eigenvalue weighted by Gasteiger charge is 2.30. The van der Waals surface area contributed by atoms with Crippen LogP contribution in [0.25, 0.3) is 0 Å². The summed E-state index contributed by atoms with van der Waals surface area (Å²) in [4.78, 5) is 6.00. The van der Waals surface area contributed by atoms with E-state index in [-0.39, 0.29) is 5.54 Å². The molecule has 1 aliphatic carbocycles. The van der Waals surface area contributed by atoms with Crippen LogP contribution in [-0.2, 0) is 6.42 Å². The highest BCUT2D eigenvalue weighted by atomic mass is 32.1. The van der Waals surface area contributed by atoms with Gasteiger partial charge in [-0.2, -0.15) is 0 Å². The second kappa shape index (κ2) is 5.70. The van der Waals surface area contributed by atoms with Gasteiger partial charge in [-0.1, -0.05) is 26.2 Å². The van der Waals surface area contributed by atoms with E-state index in [2.05, 4.69) is 25.8 Å². The minimum absolute atomic E-state index is 0.000648. The number of aromatic nitrogens is 1. The fraction of sp³-hybridized carbons (Fsp3) is 0.800. The lowest BCUT2D eigenvalue weighted by Crippen LogP contribution is -2.41. The van der Waals surface area contributed by atoms with Gasteiger partial charge in [0, 0.05) is 16.8 Å². The minimum atomic E-state index is 0.000648. The average molecular weight is 266 g/mol. The molecule has 2 unspecified atom stereocenters. The number of aryl methyl sites for hydroxylation is 2. The molecule has 0 spiro atoms. The van der Waals surface area contributed by atoms with Crippen molar-refractivity contribution in [2.24, 2.45) is 11.7 Å². The lowest BCUT2D eigenvalue weighted by Gasteiger charge is -2.27. The molecular formula is C15H26N2S. The van der Waals surface area contributed by atoms with E-state index in [0.29, 0.717) is 0 Å². The molecule has 2 rings (SSSR count). The molecule has 0 aromatic carbocycles. The van der Waals surface area contributed by atoms with Crippen LogP contribution in [0.15, 0.2) is 0 Å². The molecule has 102 valence electrons. The number of rotatable bonds is 3. The van der Waals surface area contributed by atoms with Crippen molar-refractivity contribution >= 4 is 11.3 Å². The Labute approximate surface area is 115 Å². The third-order valence-corrected chi connectivity index (χ3v) is 5.56. The van der Waals surface area contributed by atoms with Gasteiger partial charge in [-0.25, -0.2) is 4.98 Å². The molecule has 18 heavy (non-hydrogen) atoms. The Morgan fingerprint density at radius 3 is 2.72 bits per heavy atom. The first kappa shape index (κ1) is 14.0. The lowest BCUT2D eigenvalue weighted by atomic mass is 9.87. The minimum Gasteiger partial charge on any atom is -0.325 e. The fourth-order valence-electron chi connectivity index (χ4n) is 3.00. The highest BCUT2D eigenvalue weighted by molar-refractivity contribution is 7.11. The molecule has 1 saturated carbocycles. The standard InChI is InChI=1S/C15H26N2S/c1-4-13-6-5-8-15(16,9-7-13)10-14-17-11(2)12(3)18-14/h13H,4-10,16H2,1-3H3. The first-order valence-corrected chi connectivity index (χ1v) is 8.06. The summed E-state index contributed by atoms with van der Waals surface area (Å²) in [5.74, 6) is 0.898. The van der Waals surface area contributed by atoms with Gasteiger partial charge in [-0.15, -0.1) is 11.3 Å². The summed E-state index contributed by atoms with van der Waals surface area (Å²) < 4.78 is 0. The Kier molecular flexibility index (Phi) is 4.44. The molecule has 2 atom stereocenters. The summed E-state index contributed by atoms with van der Waals surface area (Å²) in [7, 11) is 0. The molecule has 1 aliphatic rings. The van der Waals surface area contributed by atoms with E-state index >= 15 is 0 Å². The van der Waals surface area contributed by atoms with Crippen molar-refractivity contribution in [3.8, 4) is 0 Å². The van der Waals surface area contributed by atoms with Gasteiger partial charge in [0.1, 0.15) is 0 Å². The molecule has 1 aromatic heterocycles. The molecule has 0 amide bonds. The third kappa shape index (κ3) is 3.33. The first-order chi connectivity index (χ1) is 8.52. The Hall–Kier alpha value is -0.410. The summed E-state index contributed by atoms with van der Waals surface area (Å²) in [5.41, 5.74) is 7.81. The third-order valence-electron chi connectivity index (χ3n) is 4.49. The molecule has 1 aromatic rings. The molecule has 2 nitrogen and oxygen atoms in total. The van der Waals surface area contributed by atoms with Crippen LogP contribution >= 0.6 is 11.3 Å². The van der Waals surface area contributed by atoms with Crippen molar-refractivity contribution in [1.82, 2.24) is 4.98 Å². The number of nitrogens with zero attached hydrogens (tertiary/aromatic N) is 1. The molecule has 0 bridgehead atoms. The van der Waals surface area contributed by atoms with Crippen LogP contribution in [0.3, 0.4) is 0 Å². The maximum Gasteiger partial charge on any atom is 0.0949 e. The number of hydrogen-bond acceptors (Lipinski definition) is 3. The topological polar surface area (TPSA) is 38.9 Å². The zero-order chi connectivity index (χ0) is 13.2. The molecule has 1 fully saturated rings. The molecule has 0 saturated heterocycles. The summed E-state index contributed by atoms with van der Waals surface area (Å²) in [6.45, 7) is 6.56. The number of thiazole rings is 1. The van der Waals surface area contributed by atoms with Crippen LogP contribution in [0.5, 0.6) is 0 Å². The van der Waals surface area contributed by atoms with Crippen LogP contribution in [-0.4, -0.2) is 10.5 Å². The SMILES string of the molecule is CCC1CCCC(N)(Cc2nc(C)c(C)s2)CC1. The van der Waals surface area contributed by atoms with Crippen molar-refractivity contribution in [3.63, 3.8) is 0 Å². The quantitative estimate of drug-likeness (QED) is 0.840. The van der Waals surface area contributed by atoms with Crippen molar-refractivity contribution in [2.45, 2.75) is 71.3 Å². The average Bonchev–Trinajstić information content (AvgIpc) is 2.52. The summed E-state index contributed by atoms with van der Waals surface area (Å²) in [5, 5.41) is 1.24. The normalized spacial score (nSPS) is 29.2. The zero-order valence-corrected chi connectivity index (χ0v) is 12.8. The maximum absolute atomic E-state index is 6.63. The van der Waals surface area contributed by atoms with E-state index in [9.17, 15) is 0 Å². The van der Waals surface area contributed by atoms with Crippen LogP contribution in [0, 0.1) is 19.8 Å². The molecular weight excluding hydrogens is 240 g/mol. The number of nitrogens with two attached hydrogens (primary N) is 1. The van der Waals surface area contributed by atoms with Crippen LogP contribution in [0.2, 0.25) is 0 Å². The first-order valence-electron chi connectivity index (χ1n) is 7.24. The van der Waals surface area contributed by atoms with Crippen LogP contribution in [0.4, 0.5) is 0 Å². The summed E-state index contributed by atoms with van der Waals surface area (Å²) >= 11 is 1.83. The second-order valence-corrected chi connectivity index (χ2v) is 7.28. The van der Waals surface area contributed by atoms with E-state index in [1.165, 1.54) is 54.1 Å². The van der Waals surface area contributed by atoms with Gasteiger partial charge in [0.15, 0.2) is 0 Å². The molecule has 0 aliphatic heterocycles. The van der Waals surface area contributed by atoms with E-state index in [0.717, 1.165) is 12.3 Å². The molecule has 1 heterocycles. The molecule has 0 radical (unpaired) electrons. The predicted octanol–water partition coefficient (Wildman–Crippen LogP) is 3.99. The summed E-state index contributed by atoms with van der Waals surface area (Å²) in [6.07, 6.45) is 8.58. The Morgan fingerprint density at radius 1 is 1.33 bits per heavy atom. The maximum atomic E-state index is 6.63. The second-order valence-electron chi connectivity index (χ2n) is 5.99. The van der Waals surface area contributed by atoms with Crippen molar-refractivity contribution < 1.29 is 0 Å². The number of hydrogen-bond donors (Lipinski definition) is 1. The largest absolute Gasteiger partial charge is 0.325 e. The van der Waals surface area contributed by atoms with Gasteiger partial charge < -0.3 is 5.73 Å². The van der Waals surface area contributed by atoms with Gasteiger partial charge in [-0.3, -0.25) is 0 Å². The Balaban J connectivity index is 2.02. The summed E-state index contributed by atoms with van der Waals surface area (Å²) in [6, 6.07) is 0.